The van der Waals surface area contributed by atoms with Gasteiger partial charge in [0.15, 0.2) is 0 Å². The van der Waals surface area contributed by atoms with E-state index in [4.69, 9.17) is 14.1 Å². The zero-order valence-corrected chi connectivity index (χ0v) is 22.3. The number of aliphatic imine (C=N–C) groups is 1. The highest BCUT2D eigenvalue weighted by Gasteiger charge is 2.33. The molecule has 0 spiro atoms. The topological polar surface area (TPSA) is 130 Å². The maximum atomic E-state index is 13.4. The van der Waals surface area contributed by atoms with E-state index in [1.807, 2.05) is 24.3 Å². The molecule has 0 saturated heterocycles. The van der Waals surface area contributed by atoms with E-state index in [-0.39, 0.29) is 23.3 Å². The molecular formula is C30H30N4O6. The minimum Gasteiger partial charge on any atom is -0.460 e. The van der Waals surface area contributed by atoms with Crippen molar-refractivity contribution in [1.29, 1.82) is 0 Å². The lowest BCUT2D eigenvalue weighted by molar-refractivity contribution is -0.132. The van der Waals surface area contributed by atoms with Gasteiger partial charge in [-0.2, -0.15) is 0 Å². The molecule has 0 unspecified atom stereocenters. The molecule has 0 bridgehead atoms. The average Bonchev–Trinajstić information content (AvgIpc) is 3.05. The summed E-state index contributed by atoms with van der Waals surface area (Å²) in [5.41, 5.74) is 2.96. The number of ether oxygens (including phenoxy) is 1. The zero-order chi connectivity index (χ0) is 28.2. The molecular weight excluding hydrogens is 512 g/mol. The molecule has 1 aliphatic heterocycles. The maximum Gasteiger partial charge on any atom is 0.321 e. The van der Waals surface area contributed by atoms with Gasteiger partial charge in [0.05, 0.1) is 11.4 Å². The van der Waals surface area contributed by atoms with Crippen LogP contribution in [0.3, 0.4) is 0 Å². The van der Waals surface area contributed by atoms with Crippen LogP contribution in [0.1, 0.15) is 44.6 Å². The number of amides is 3. The van der Waals surface area contributed by atoms with E-state index in [1.54, 1.807) is 36.2 Å². The summed E-state index contributed by atoms with van der Waals surface area (Å²) in [5, 5.41) is 5.48. The largest absolute Gasteiger partial charge is 0.460 e. The number of para-hydroxylation sites is 1. The number of nitrogens with zero attached hydrogens (tertiary/aromatic N) is 2. The molecule has 10 heteroatoms. The van der Waals surface area contributed by atoms with Crippen LogP contribution in [-0.2, 0) is 9.59 Å². The third kappa shape index (κ3) is 5.80. The Kier molecular flexibility index (Phi) is 7.77. The first-order valence-electron chi connectivity index (χ1n) is 13.2. The Morgan fingerprint density at radius 2 is 1.80 bits per heavy atom. The molecule has 0 radical (unpaired) electrons. The SMILES string of the molecule is CC(=O)Oc1coc(-c2cccc(NC(=O)N[C@@H]3N=C(C4CCCCC4)c4ccccc4N(C)C3=O)c2)cc1=O. The highest BCUT2D eigenvalue weighted by molar-refractivity contribution is 6.14. The van der Waals surface area contributed by atoms with E-state index in [0.29, 0.717) is 11.3 Å². The summed E-state index contributed by atoms with van der Waals surface area (Å²) in [7, 11) is 1.69. The van der Waals surface area contributed by atoms with Gasteiger partial charge in [-0.25, -0.2) is 4.79 Å². The number of anilines is 2. The van der Waals surface area contributed by atoms with Gasteiger partial charge in [0.1, 0.15) is 12.0 Å². The monoisotopic (exact) mass is 542 g/mol. The fourth-order valence-electron chi connectivity index (χ4n) is 5.17. The molecule has 10 nitrogen and oxygen atoms in total. The molecule has 5 rings (SSSR count). The van der Waals surface area contributed by atoms with Gasteiger partial charge in [-0.1, -0.05) is 49.6 Å². The van der Waals surface area contributed by atoms with Crippen molar-refractivity contribution in [2.75, 3.05) is 17.3 Å². The Balaban J connectivity index is 1.36. The standard InChI is InChI=1S/C30H30N4O6/c1-18(35)40-26-17-39-25(16-24(26)36)20-11-8-12-21(15-20)31-30(38)33-28-29(37)34(2)23-14-7-6-13-22(23)27(32-28)19-9-4-3-5-10-19/h6-8,11-17,19,28H,3-5,9-10H2,1-2H3,(H2,31,33,38)/t28-/m0/s1. The Labute approximate surface area is 231 Å². The normalized spacial score (nSPS) is 17.4. The second-order valence-corrected chi connectivity index (χ2v) is 9.91. The third-order valence-electron chi connectivity index (χ3n) is 7.09. The Hall–Kier alpha value is -4.73. The molecule has 1 saturated carbocycles. The predicted molar refractivity (Wildman–Crippen MR) is 151 cm³/mol. The van der Waals surface area contributed by atoms with Gasteiger partial charge < -0.3 is 24.7 Å². The van der Waals surface area contributed by atoms with Crippen LogP contribution < -0.4 is 25.7 Å². The van der Waals surface area contributed by atoms with Crippen molar-refractivity contribution in [3.63, 3.8) is 0 Å². The highest BCUT2D eigenvalue weighted by atomic mass is 16.5. The fourth-order valence-corrected chi connectivity index (χ4v) is 5.17. The van der Waals surface area contributed by atoms with E-state index >= 15 is 0 Å². The summed E-state index contributed by atoms with van der Waals surface area (Å²) in [6, 6.07) is 15.0. The van der Waals surface area contributed by atoms with Crippen LogP contribution in [-0.4, -0.2) is 36.8 Å². The molecule has 40 heavy (non-hydrogen) atoms. The van der Waals surface area contributed by atoms with Crippen LogP contribution in [0.5, 0.6) is 5.75 Å². The zero-order valence-electron chi connectivity index (χ0n) is 22.3. The number of likely N-dealkylation sites (N-methyl/N-ethyl adjacent to an activating group) is 1. The first-order valence-corrected chi connectivity index (χ1v) is 13.2. The van der Waals surface area contributed by atoms with Gasteiger partial charge in [0, 0.05) is 42.8 Å². The van der Waals surface area contributed by atoms with Crippen molar-refractivity contribution in [2.45, 2.75) is 45.2 Å². The van der Waals surface area contributed by atoms with E-state index in [0.717, 1.165) is 48.9 Å². The van der Waals surface area contributed by atoms with Crippen LogP contribution in [0.15, 0.2) is 75.1 Å². The molecule has 1 atom stereocenters. The smallest absolute Gasteiger partial charge is 0.321 e. The predicted octanol–water partition coefficient (Wildman–Crippen LogP) is 4.73. The summed E-state index contributed by atoms with van der Waals surface area (Å²) in [4.78, 5) is 56.2. The lowest BCUT2D eigenvalue weighted by Gasteiger charge is -2.25. The van der Waals surface area contributed by atoms with E-state index < -0.39 is 23.6 Å². The van der Waals surface area contributed by atoms with Gasteiger partial charge in [0.2, 0.25) is 17.3 Å². The Bertz CT molecular complexity index is 1540. The molecule has 2 aliphatic rings. The highest BCUT2D eigenvalue weighted by Crippen LogP contribution is 2.33. The minimum absolute atomic E-state index is 0.210. The van der Waals surface area contributed by atoms with Crippen molar-refractivity contribution < 1.29 is 23.5 Å². The number of carbonyl (C=O) groups excluding carboxylic acids is 3. The second kappa shape index (κ2) is 11.6. The van der Waals surface area contributed by atoms with E-state index in [2.05, 4.69) is 10.6 Å². The van der Waals surface area contributed by atoms with Crippen molar-refractivity contribution in [3.05, 3.63) is 76.6 Å². The van der Waals surface area contributed by atoms with Gasteiger partial charge in [-0.05, 0) is 31.0 Å². The molecule has 3 amide bonds. The second-order valence-electron chi connectivity index (χ2n) is 9.91. The van der Waals surface area contributed by atoms with E-state index in [1.165, 1.54) is 19.4 Å². The number of urea groups is 1. The van der Waals surface area contributed by atoms with Crippen molar-refractivity contribution in [2.24, 2.45) is 10.9 Å². The number of benzodiazepines with no additional fused rings is 1. The number of rotatable bonds is 5. The van der Waals surface area contributed by atoms with Gasteiger partial charge in [-0.15, -0.1) is 0 Å². The first kappa shape index (κ1) is 26.9. The van der Waals surface area contributed by atoms with Crippen LogP contribution in [0, 0.1) is 5.92 Å². The molecule has 206 valence electrons. The average molecular weight is 543 g/mol. The molecule has 1 fully saturated rings. The quantitative estimate of drug-likeness (QED) is 0.449. The molecule has 3 aromatic rings. The number of benzene rings is 2. The number of hydrogen-bond acceptors (Lipinski definition) is 7. The van der Waals surface area contributed by atoms with Gasteiger partial charge >= 0.3 is 12.0 Å². The number of esters is 1. The van der Waals surface area contributed by atoms with Gasteiger partial charge in [0.25, 0.3) is 5.91 Å². The minimum atomic E-state index is -1.09. The van der Waals surface area contributed by atoms with Crippen molar-refractivity contribution in [3.8, 4) is 17.1 Å². The number of fused-ring (bicyclic) bond motifs is 1. The van der Waals surface area contributed by atoms with Crippen molar-refractivity contribution in [1.82, 2.24) is 5.32 Å². The number of nitrogens with one attached hydrogen (secondary N) is 2. The molecule has 1 aliphatic carbocycles. The molecule has 2 aromatic carbocycles. The van der Waals surface area contributed by atoms with Crippen LogP contribution in [0.2, 0.25) is 0 Å². The first-order chi connectivity index (χ1) is 19.3. The number of carbonyl (C=O) groups is 3. The third-order valence-corrected chi connectivity index (χ3v) is 7.09. The summed E-state index contributed by atoms with van der Waals surface area (Å²) >= 11 is 0. The molecule has 2 heterocycles. The number of hydrogen-bond donors (Lipinski definition) is 2. The van der Waals surface area contributed by atoms with Crippen LogP contribution in [0.25, 0.3) is 11.3 Å². The summed E-state index contributed by atoms with van der Waals surface area (Å²) < 4.78 is 10.3. The summed E-state index contributed by atoms with van der Waals surface area (Å²) in [6.45, 7) is 1.19. The maximum absolute atomic E-state index is 13.4. The van der Waals surface area contributed by atoms with Gasteiger partial charge in [-0.3, -0.25) is 19.4 Å². The van der Waals surface area contributed by atoms with E-state index in [9.17, 15) is 19.2 Å². The summed E-state index contributed by atoms with van der Waals surface area (Å²) in [5.74, 6) is -0.727. The molecule has 1 aromatic heterocycles. The van der Waals surface area contributed by atoms with Crippen LogP contribution >= 0.6 is 0 Å². The lowest BCUT2D eigenvalue weighted by atomic mass is 9.83. The Morgan fingerprint density at radius 1 is 1.02 bits per heavy atom. The van der Waals surface area contributed by atoms with Crippen LogP contribution in [0.4, 0.5) is 16.2 Å². The lowest BCUT2D eigenvalue weighted by Crippen LogP contribution is -2.47. The van der Waals surface area contributed by atoms with Crippen molar-refractivity contribution >= 4 is 35.0 Å². The fraction of sp³-hybridized carbons (Fsp3) is 0.300. The Morgan fingerprint density at radius 3 is 2.55 bits per heavy atom. The molecule has 2 N–H and O–H groups in total. The summed E-state index contributed by atoms with van der Waals surface area (Å²) in [6.07, 6.45) is 5.37.